The molecule has 36 heavy (non-hydrogen) atoms. The van der Waals surface area contributed by atoms with Crippen LogP contribution in [0.3, 0.4) is 0 Å². The molecule has 3 aromatic rings. The zero-order valence-electron chi connectivity index (χ0n) is 21.9. The monoisotopic (exact) mass is 489 g/mol. The van der Waals surface area contributed by atoms with Crippen molar-refractivity contribution >= 4 is 22.7 Å². The maximum absolute atomic E-state index is 14.0. The van der Waals surface area contributed by atoms with Gasteiger partial charge in [-0.05, 0) is 63.4 Å². The summed E-state index contributed by atoms with van der Waals surface area (Å²) < 4.78 is 11.6. The van der Waals surface area contributed by atoms with Crippen LogP contribution in [0.5, 0.6) is 11.5 Å². The van der Waals surface area contributed by atoms with Crippen molar-refractivity contribution < 1.29 is 19.1 Å². The summed E-state index contributed by atoms with van der Waals surface area (Å²) in [5.41, 5.74) is 2.75. The summed E-state index contributed by atoms with van der Waals surface area (Å²) in [6.45, 7) is 10.4. The van der Waals surface area contributed by atoms with Crippen molar-refractivity contribution in [2.75, 3.05) is 20.2 Å². The molecular weight excluding hydrogens is 454 g/mol. The number of nitrogens with zero attached hydrogens (tertiary/aromatic N) is 2. The number of H-pyrrole nitrogens is 1. The standard InChI is InChI=1S/C29H35N3O4/c1-7-18(4)31-16-25(33)32-15-21(19-12-13-23(36-17(2)3)24(14-19)35-6)26-20-10-8-9-11-22(20)30-27(26)29(32,5)28(31)34/h8-14,17-18,21,30H,7,15-16H2,1-6H3/t18?,21?,29-/m0/s1. The van der Waals surface area contributed by atoms with Gasteiger partial charge in [-0.25, -0.2) is 0 Å². The number of carbonyl (C=O) groups excluding carboxylic acids is 2. The first-order valence-electron chi connectivity index (χ1n) is 12.8. The molecule has 2 unspecified atom stereocenters. The second kappa shape index (κ2) is 8.87. The van der Waals surface area contributed by atoms with E-state index < -0.39 is 5.54 Å². The number of aromatic amines is 1. The molecule has 1 aromatic heterocycles. The third-order valence-corrected chi connectivity index (χ3v) is 7.85. The van der Waals surface area contributed by atoms with Crippen LogP contribution in [0.25, 0.3) is 10.9 Å². The van der Waals surface area contributed by atoms with E-state index in [0.29, 0.717) is 18.0 Å². The van der Waals surface area contributed by atoms with Crippen LogP contribution in [0.4, 0.5) is 0 Å². The Labute approximate surface area is 212 Å². The first kappa shape index (κ1) is 24.2. The highest BCUT2D eigenvalue weighted by Crippen LogP contribution is 2.49. The van der Waals surface area contributed by atoms with Crippen molar-refractivity contribution in [1.29, 1.82) is 0 Å². The number of fused-ring (bicyclic) bond motifs is 5. The predicted molar refractivity (Wildman–Crippen MR) is 139 cm³/mol. The number of rotatable bonds is 6. The number of benzene rings is 2. The van der Waals surface area contributed by atoms with Gasteiger partial charge in [-0.15, -0.1) is 0 Å². The Balaban J connectivity index is 1.70. The minimum atomic E-state index is -1.09. The van der Waals surface area contributed by atoms with E-state index in [0.717, 1.165) is 34.1 Å². The van der Waals surface area contributed by atoms with Gasteiger partial charge in [-0.2, -0.15) is 0 Å². The molecule has 3 heterocycles. The van der Waals surface area contributed by atoms with Crippen molar-refractivity contribution in [1.82, 2.24) is 14.8 Å². The summed E-state index contributed by atoms with van der Waals surface area (Å²) in [5.74, 6) is 1.15. The molecule has 190 valence electrons. The van der Waals surface area contributed by atoms with E-state index in [1.54, 1.807) is 16.9 Å². The number of para-hydroxylation sites is 1. The minimum Gasteiger partial charge on any atom is -0.493 e. The van der Waals surface area contributed by atoms with Crippen LogP contribution < -0.4 is 9.47 Å². The van der Waals surface area contributed by atoms with E-state index in [-0.39, 0.29) is 36.4 Å². The number of aromatic nitrogens is 1. The predicted octanol–water partition coefficient (Wildman–Crippen LogP) is 4.79. The van der Waals surface area contributed by atoms with E-state index in [9.17, 15) is 9.59 Å². The number of hydrogen-bond donors (Lipinski definition) is 1. The average molecular weight is 490 g/mol. The van der Waals surface area contributed by atoms with E-state index in [1.165, 1.54) is 0 Å². The molecule has 0 saturated carbocycles. The highest BCUT2D eigenvalue weighted by Gasteiger charge is 2.56. The number of hydrogen-bond acceptors (Lipinski definition) is 4. The molecule has 2 aliphatic rings. The van der Waals surface area contributed by atoms with Crippen molar-refractivity contribution in [3.63, 3.8) is 0 Å². The number of methoxy groups -OCH3 is 1. The number of amides is 2. The van der Waals surface area contributed by atoms with Gasteiger partial charge in [0.25, 0.3) is 5.91 Å². The summed E-state index contributed by atoms with van der Waals surface area (Å²) in [7, 11) is 1.64. The zero-order chi connectivity index (χ0) is 25.8. The van der Waals surface area contributed by atoms with E-state index in [4.69, 9.17) is 9.47 Å². The van der Waals surface area contributed by atoms with Crippen molar-refractivity contribution in [2.24, 2.45) is 0 Å². The first-order valence-corrected chi connectivity index (χ1v) is 12.8. The summed E-state index contributed by atoms with van der Waals surface area (Å²) in [5, 5.41) is 1.07. The SMILES string of the molecule is CCC(C)N1CC(=O)N2CC(c3ccc(OC(C)C)c(OC)c3)c3c([nH]c4ccccc34)[C@@]2(C)C1=O. The van der Waals surface area contributed by atoms with Crippen LogP contribution in [-0.4, -0.2) is 58.9 Å². The lowest BCUT2D eigenvalue weighted by Crippen LogP contribution is -2.68. The molecule has 0 spiro atoms. The van der Waals surface area contributed by atoms with E-state index >= 15 is 0 Å². The van der Waals surface area contributed by atoms with Crippen LogP contribution in [-0.2, 0) is 15.1 Å². The molecular formula is C29H35N3O4. The lowest BCUT2D eigenvalue weighted by Gasteiger charge is -2.52. The van der Waals surface area contributed by atoms with Crippen molar-refractivity contribution in [2.45, 2.75) is 64.6 Å². The highest BCUT2D eigenvalue weighted by atomic mass is 16.5. The van der Waals surface area contributed by atoms with Crippen LogP contribution in [0.1, 0.15) is 63.8 Å². The molecule has 0 radical (unpaired) electrons. The normalized spacial score (nSPS) is 22.6. The maximum atomic E-state index is 14.0. The van der Waals surface area contributed by atoms with Gasteiger partial charge in [-0.1, -0.05) is 31.2 Å². The molecule has 3 atom stereocenters. The Bertz CT molecular complexity index is 1330. The summed E-state index contributed by atoms with van der Waals surface area (Å²) in [4.78, 5) is 34.7. The van der Waals surface area contributed by atoms with Crippen LogP contribution in [0, 0.1) is 0 Å². The Morgan fingerprint density at radius 3 is 2.56 bits per heavy atom. The van der Waals surface area contributed by atoms with Gasteiger partial charge in [0, 0.05) is 29.4 Å². The summed E-state index contributed by atoms with van der Waals surface area (Å²) in [6, 6.07) is 14.1. The number of piperazine rings is 1. The fraction of sp³-hybridized carbons (Fsp3) is 0.448. The third kappa shape index (κ3) is 3.55. The fourth-order valence-corrected chi connectivity index (χ4v) is 5.76. The van der Waals surface area contributed by atoms with Crippen LogP contribution >= 0.6 is 0 Å². The highest BCUT2D eigenvalue weighted by molar-refractivity contribution is 6.01. The van der Waals surface area contributed by atoms with Crippen LogP contribution in [0.2, 0.25) is 0 Å². The minimum absolute atomic E-state index is 0.0104. The topological polar surface area (TPSA) is 74.9 Å². The molecule has 7 heteroatoms. The molecule has 2 aromatic carbocycles. The van der Waals surface area contributed by atoms with Gasteiger partial charge < -0.3 is 24.3 Å². The summed E-state index contributed by atoms with van der Waals surface area (Å²) >= 11 is 0. The van der Waals surface area contributed by atoms with Gasteiger partial charge >= 0.3 is 0 Å². The Morgan fingerprint density at radius 1 is 1.11 bits per heavy atom. The largest absolute Gasteiger partial charge is 0.493 e. The number of nitrogens with one attached hydrogen (secondary N) is 1. The molecule has 5 rings (SSSR count). The van der Waals surface area contributed by atoms with Crippen LogP contribution in [0.15, 0.2) is 42.5 Å². The second-order valence-corrected chi connectivity index (χ2v) is 10.4. The van der Waals surface area contributed by atoms with E-state index in [1.807, 2.05) is 71.0 Å². The Hall–Kier alpha value is -3.48. The molecule has 7 nitrogen and oxygen atoms in total. The van der Waals surface area contributed by atoms with Gasteiger partial charge in [0.2, 0.25) is 5.91 Å². The molecule has 0 bridgehead atoms. The van der Waals surface area contributed by atoms with Gasteiger partial charge in [-0.3, -0.25) is 9.59 Å². The molecule has 0 aliphatic carbocycles. The summed E-state index contributed by atoms with van der Waals surface area (Å²) in [6.07, 6.45) is 0.813. The molecule has 1 saturated heterocycles. The Morgan fingerprint density at radius 2 is 1.86 bits per heavy atom. The number of carbonyl (C=O) groups is 2. The maximum Gasteiger partial charge on any atom is 0.255 e. The third-order valence-electron chi connectivity index (χ3n) is 7.85. The fourth-order valence-electron chi connectivity index (χ4n) is 5.76. The smallest absolute Gasteiger partial charge is 0.255 e. The molecule has 1 fully saturated rings. The van der Waals surface area contributed by atoms with Crippen molar-refractivity contribution in [3.8, 4) is 11.5 Å². The quantitative estimate of drug-likeness (QED) is 0.540. The number of ether oxygens (including phenoxy) is 2. The second-order valence-electron chi connectivity index (χ2n) is 10.4. The molecule has 2 aliphatic heterocycles. The van der Waals surface area contributed by atoms with E-state index in [2.05, 4.69) is 11.1 Å². The lowest BCUT2D eigenvalue weighted by molar-refractivity contribution is -0.168. The average Bonchev–Trinajstić information content (AvgIpc) is 3.26. The zero-order valence-corrected chi connectivity index (χ0v) is 21.9. The molecule has 2 amide bonds. The molecule has 1 N–H and O–H groups in total. The van der Waals surface area contributed by atoms with Gasteiger partial charge in [0.1, 0.15) is 6.54 Å². The lowest BCUT2D eigenvalue weighted by atomic mass is 9.76. The Kier molecular flexibility index (Phi) is 5.97. The van der Waals surface area contributed by atoms with Crippen molar-refractivity contribution in [3.05, 3.63) is 59.3 Å². The first-order chi connectivity index (χ1) is 17.2. The van der Waals surface area contributed by atoms with Gasteiger partial charge in [0.05, 0.1) is 18.9 Å². The van der Waals surface area contributed by atoms with Gasteiger partial charge in [0.15, 0.2) is 17.0 Å².